The first-order valence-electron chi connectivity index (χ1n) is 6.19. The number of benzene rings is 1. The van der Waals surface area contributed by atoms with Gasteiger partial charge in [0.15, 0.2) is 0 Å². The number of piperazine rings is 1. The zero-order valence-corrected chi connectivity index (χ0v) is 11.5. The number of carbonyl (C=O) groups excluding carboxylic acids is 3. The maximum Gasteiger partial charge on any atom is 0.242 e. The predicted octanol–water partition coefficient (Wildman–Crippen LogP) is 0.308. The molecule has 0 unspecified atom stereocenters. The van der Waals surface area contributed by atoms with Crippen molar-refractivity contribution in [3.63, 3.8) is 0 Å². The highest BCUT2D eigenvalue weighted by Gasteiger charge is 2.27. The fourth-order valence-corrected chi connectivity index (χ4v) is 2.11. The molecule has 2 amide bonds. The van der Waals surface area contributed by atoms with Gasteiger partial charge in [0.1, 0.15) is 18.6 Å². The lowest BCUT2D eigenvalue weighted by atomic mass is 10.1. The predicted molar refractivity (Wildman–Crippen MR) is 71.4 cm³/mol. The molecule has 1 fully saturated rings. The summed E-state index contributed by atoms with van der Waals surface area (Å²) >= 11 is 0. The molecule has 0 radical (unpaired) electrons. The summed E-state index contributed by atoms with van der Waals surface area (Å²) < 4.78 is 5.22. The van der Waals surface area contributed by atoms with Gasteiger partial charge in [0.05, 0.1) is 13.7 Å². The molecular formula is C14H16N2O4. The molecule has 20 heavy (non-hydrogen) atoms. The number of rotatable bonds is 4. The number of hydrogen-bond donors (Lipinski definition) is 0. The van der Waals surface area contributed by atoms with E-state index >= 15 is 0 Å². The third kappa shape index (κ3) is 2.79. The van der Waals surface area contributed by atoms with Gasteiger partial charge < -0.3 is 14.5 Å². The number of aldehydes is 1. The zero-order valence-electron chi connectivity index (χ0n) is 11.5. The van der Waals surface area contributed by atoms with Crippen LogP contribution in [0.15, 0.2) is 18.2 Å². The highest BCUT2D eigenvalue weighted by atomic mass is 16.5. The molecule has 0 N–H and O–H groups in total. The summed E-state index contributed by atoms with van der Waals surface area (Å²) in [5, 5.41) is 0. The number of likely N-dealkylation sites (N-methyl/N-ethyl adjacent to an activating group) is 1. The van der Waals surface area contributed by atoms with Crippen LogP contribution in [0.25, 0.3) is 0 Å². The fraction of sp³-hybridized carbons (Fsp3) is 0.357. The first-order chi connectivity index (χ1) is 9.55. The number of amides is 2. The number of nitrogens with zero attached hydrogens (tertiary/aromatic N) is 2. The molecule has 1 aromatic rings. The lowest BCUT2D eigenvalue weighted by Crippen LogP contribution is -2.51. The molecule has 0 spiro atoms. The molecule has 1 aliphatic rings. The second-order valence-corrected chi connectivity index (χ2v) is 4.69. The molecule has 0 atom stereocenters. The van der Waals surface area contributed by atoms with Gasteiger partial charge in [0, 0.05) is 24.7 Å². The molecule has 1 aromatic carbocycles. The van der Waals surface area contributed by atoms with Gasteiger partial charge in [0.2, 0.25) is 11.8 Å². The molecule has 2 rings (SSSR count). The third-order valence-electron chi connectivity index (χ3n) is 3.28. The Morgan fingerprint density at radius 2 is 2.00 bits per heavy atom. The Morgan fingerprint density at radius 1 is 1.25 bits per heavy atom. The maximum atomic E-state index is 11.9. The van der Waals surface area contributed by atoms with Crippen molar-refractivity contribution < 1.29 is 19.1 Å². The van der Waals surface area contributed by atoms with Crippen LogP contribution in [0.5, 0.6) is 5.75 Å². The van der Waals surface area contributed by atoms with Gasteiger partial charge in [-0.1, -0.05) is 0 Å². The minimum Gasteiger partial charge on any atom is -0.496 e. The van der Waals surface area contributed by atoms with E-state index in [0.717, 1.165) is 6.29 Å². The van der Waals surface area contributed by atoms with E-state index in [1.807, 2.05) is 0 Å². The summed E-state index contributed by atoms with van der Waals surface area (Å²) in [4.78, 5) is 37.3. The Hall–Kier alpha value is -2.37. The summed E-state index contributed by atoms with van der Waals surface area (Å²) in [5.41, 5.74) is 1.22. The van der Waals surface area contributed by atoms with Crippen molar-refractivity contribution in [1.82, 2.24) is 9.80 Å². The van der Waals surface area contributed by atoms with Gasteiger partial charge in [0.25, 0.3) is 0 Å². The van der Waals surface area contributed by atoms with Crippen molar-refractivity contribution in [1.29, 1.82) is 0 Å². The number of carbonyl (C=O) groups is 3. The first kappa shape index (κ1) is 14.0. The number of ether oxygens (including phenoxy) is 1. The molecular weight excluding hydrogens is 260 g/mol. The van der Waals surface area contributed by atoms with E-state index in [4.69, 9.17) is 4.74 Å². The summed E-state index contributed by atoms with van der Waals surface area (Å²) in [6.07, 6.45) is 0.736. The minimum atomic E-state index is -0.120. The molecule has 0 saturated carbocycles. The second kappa shape index (κ2) is 5.73. The van der Waals surface area contributed by atoms with E-state index in [-0.39, 0.29) is 31.4 Å². The Labute approximate surface area is 116 Å². The smallest absolute Gasteiger partial charge is 0.242 e. The molecule has 1 heterocycles. The molecule has 0 aromatic heterocycles. The van der Waals surface area contributed by atoms with Crippen LogP contribution in [-0.2, 0) is 16.1 Å². The van der Waals surface area contributed by atoms with Crippen molar-refractivity contribution >= 4 is 18.1 Å². The summed E-state index contributed by atoms with van der Waals surface area (Å²) in [5.74, 6) is 0.371. The van der Waals surface area contributed by atoms with Crippen LogP contribution in [-0.4, -0.2) is 55.1 Å². The van der Waals surface area contributed by atoms with Crippen LogP contribution >= 0.6 is 0 Å². The van der Waals surface area contributed by atoms with E-state index in [1.54, 1.807) is 25.2 Å². The van der Waals surface area contributed by atoms with Crippen LogP contribution in [0.2, 0.25) is 0 Å². The Bertz CT molecular complexity index is 556. The van der Waals surface area contributed by atoms with E-state index in [0.29, 0.717) is 16.9 Å². The molecule has 1 saturated heterocycles. The van der Waals surface area contributed by atoms with Crippen molar-refractivity contribution in [2.24, 2.45) is 0 Å². The monoisotopic (exact) mass is 276 g/mol. The largest absolute Gasteiger partial charge is 0.496 e. The third-order valence-corrected chi connectivity index (χ3v) is 3.28. The summed E-state index contributed by atoms with van der Waals surface area (Å²) in [6, 6.07) is 5.00. The zero-order chi connectivity index (χ0) is 14.7. The molecule has 0 aliphatic carbocycles. The average Bonchev–Trinajstić information content (AvgIpc) is 2.44. The van der Waals surface area contributed by atoms with Crippen LogP contribution in [0.4, 0.5) is 0 Å². The molecule has 6 nitrogen and oxygen atoms in total. The van der Waals surface area contributed by atoms with Crippen LogP contribution in [0.3, 0.4) is 0 Å². The highest BCUT2D eigenvalue weighted by molar-refractivity contribution is 5.92. The van der Waals surface area contributed by atoms with E-state index in [2.05, 4.69) is 0 Å². The molecule has 6 heteroatoms. The summed E-state index contributed by atoms with van der Waals surface area (Å²) in [7, 11) is 3.13. The molecule has 106 valence electrons. The number of methoxy groups -OCH3 is 1. The van der Waals surface area contributed by atoms with Crippen LogP contribution in [0.1, 0.15) is 15.9 Å². The minimum absolute atomic E-state index is 0.0454. The highest BCUT2D eigenvalue weighted by Crippen LogP contribution is 2.22. The Morgan fingerprint density at radius 3 is 2.65 bits per heavy atom. The van der Waals surface area contributed by atoms with Crippen LogP contribution in [0, 0.1) is 0 Å². The molecule has 1 aliphatic heterocycles. The standard InChI is InChI=1S/C14H16N2O4/c1-15-7-14(19)16(8-13(15)18)6-11-5-10(9-17)3-4-12(11)20-2/h3-5,9H,6-8H2,1-2H3. The van der Waals surface area contributed by atoms with Crippen LogP contribution < -0.4 is 4.74 Å². The van der Waals surface area contributed by atoms with Gasteiger partial charge in [-0.3, -0.25) is 14.4 Å². The van der Waals surface area contributed by atoms with Gasteiger partial charge in [-0.25, -0.2) is 0 Å². The quantitative estimate of drug-likeness (QED) is 0.742. The maximum absolute atomic E-state index is 11.9. The lowest BCUT2D eigenvalue weighted by molar-refractivity contribution is -0.149. The van der Waals surface area contributed by atoms with Gasteiger partial charge in [-0.15, -0.1) is 0 Å². The van der Waals surface area contributed by atoms with Gasteiger partial charge >= 0.3 is 0 Å². The van der Waals surface area contributed by atoms with E-state index in [1.165, 1.54) is 16.9 Å². The van der Waals surface area contributed by atoms with E-state index in [9.17, 15) is 14.4 Å². The average molecular weight is 276 g/mol. The molecule has 0 bridgehead atoms. The Kier molecular flexibility index (Phi) is 4.02. The van der Waals surface area contributed by atoms with Crippen molar-refractivity contribution in [3.8, 4) is 5.75 Å². The van der Waals surface area contributed by atoms with Crippen molar-refractivity contribution in [3.05, 3.63) is 29.3 Å². The van der Waals surface area contributed by atoms with Crippen molar-refractivity contribution in [2.45, 2.75) is 6.54 Å². The normalized spacial score (nSPS) is 15.5. The van der Waals surface area contributed by atoms with E-state index < -0.39 is 0 Å². The number of hydrogen-bond acceptors (Lipinski definition) is 4. The van der Waals surface area contributed by atoms with Crippen molar-refractivity contribution in [2.75, 3.05) is 27.2 Å². The lowest BCUT2D eigenvalue weighted by Gasteiger charge is -2.32. The second-order valence-electron chi connectivity index (χ2n) is 4.69. The Balaban J connectivity index is 2.22. The van der Waals surface area contributed by atoms with Gasteiger partial charge in [-0.2, -0.15) is 0 Å². The SMILES string of the molecule is COc1ccc(C=O)cc1CN1CC(=O)N(C)CC1=O. The fourth-order valence-electron chi connectivity index (χ4n) is 2.11. The topological polar surface area (TPSA) is 66.9 Å². The summed E-state index contributed by atoms with van der Waals surface area (Å²) in [6.45, 7) is 0.377. The first-order valence-corrected chi connectivity index (χ1v) is 6.19. The van der Waals surface area contributed by atoms with Gasteiger partial charge in [-0.05, 0) is 18.2 Å².